The maximum atomic E-state index is 12.1. The van der Waals surface area contributed by atoms with Crippen molar-refractivity contribution in [2.75, 3.05) is 50.5 Å². The molecular formula is C14H22N2O4S. The molecule has 1 aliphatic heterocycles. The molecule has 2 rings (SSSR count). The van der Waals surface area contributed by atoms with Gasteiger partial charge in [-0.15, -0.1) is 0 Å². The Kier molecular flexibility index (Phi) is 5.44. The first-order valence-corrected chi connectivity index (χ1v) is 8.65. The fourth-order valence-electron chi connectivity index (χ4n) is 2.41. The maximum Gasteiger partial charge on any atom is 0.214 e. The number of benzene rings is 1. The second-order valence-corrected chi connectivity index (χ2v) is 7.07. The van der Waals surface area contributed by atoms with E-state index in [1.807, 2.05) is 24.3 Å². The van der Waals surface area contributed by atoms with Crippen LogP contribution in [0.1, 0.15) is 6.42 Å². The van der Waals surface area contributed by atoms with Crippen LogP contribution in [-0.4, -0.2) is 63.5 Å². The molecule has 0 unspecified atom stereocenters. The third-order valence-corrected chi connectivity index (χ3v) is 5.57. The molecule has 0 amide bonds. The molecule has 1 aliphatic rings. The van der Waals surface area contributed by atoms with Gasteiger partial charge in [0, 0.05) is 44.5 Å². The first-order chi connectivity index (χ1) is 10.1. The van der Waals surface area contributed by atoms with E-state index >= 15 is 0 Å². The van der Waals surface area contributed by atoms with Crippen LogP contribution in [0.4, 0.5) is 5.69 Å². The Bertz CT molecular complexity index is 554. The van der Waals surface area contributed by atoms with Crippen LogP contribution in [0.15, 0.2) is 24.3 Å². The summed E-state index contributed by atoms with van der Waals surface area (Å²) in [6.45, 7) is 2.18. The highest BCUT2D eigenvalue weighted by Crippen LogP contribution is 2.22. The van der Waals surface area contributed by atoms with E-state index in [0.29, 0.717) is 32.6 Å². The number of nitrogens with zero attached hydrogens (tertiary/aromatic N) is 2. The van der Waals surface area contributed by atoms with Crippen molar-refractivity contribution in [3.8, 4) is 5.75 Å². The van der Waals surface area contributed by atoms with E-state index in [0.717, 1.165) is 11.4 Å². The highest BCUT2D eigenvalue weighted by molar-refractivity contribution is 7.89. The van der Waals surface area contributed by atoms with Crippen molar-refractivity contribution in [1.82, 2.24) is 4.31 Å². The Labute approximate surface area is 126 Å². The van der Waals surface area contributed by atoms with Gasteiger partial charge < -0.3 is 14.7 Å². The summed E-state index contributed by atoms with van der Waals surface area (Å²) in [6.07, 6.45) is 0.290. The minimum atomic E-state index is -3.24. The van der Waals surface area contributed by atoms with Crippen molar-refractivity contribution in [3.63, 3.8) is 0 Å². The predicted molar refractivity (Wildman–Crippen MR) is 82.3 cm³/mol. The highest BCUT2D eigenvalue weighted by Gasteiger charge is 2.26. The van der Waals surface area contributed by atoms with Crippen LogP contribution in [0.5, 0.6) is 5.75 Å². The second-order valence-electron chi connectivity index (χ2n) is 4.98. The number of aliphatic hydroxyl groups is 1. The summed E-state index contributed by atoms with van der Waals surface area (Å²) >= 11 is 0. The zero-order valence-corrected chi connectivity index (χ0v) is 13.1. The van der Waals surface area contributed by atoms with E-state index in [2.05, 4.69) is 4.90 Å². The molecular weight excluding hydrogens is 292 g/mol. The third kappa shape index (κ3) is 4.09. The Morgan fingerprint density at radius 2 is 1.95 bits per heavy atom. The molecule has 1 aromatic carbocycles. The molecule has 1 saturated heterocycles. The van der Waals surface area contributed by atoms with Crippen LogP contribution < -0.4 is 9.64 Å². The average Bonchev–Trinajstić information content (AvgIpc) is 2.53. The lowest BCUT2D eigenvalue weighted by Gasteiger charge is -2.35. The molecule has 1 aromatic rings. The summed E-state index contributed by atoms with van der Waals surface area (Å²) in [4.78, 5) is 2.15. The number of piperazine rings is 1. The smallest absolute Gasteiger partial charge is 0.214 e. The summed E-state index contributed by atoms with van der Waals surface area (Å²) in [6, 6.07) is 7.77. The Morgan fingerprint density at radius 1 is 1.24 bits per heavy atom. The number of ether oxygens (including phenoxy) is 1. The molecule has 6 nitrogen and oxygen atoms in total. The molecule has 1 N–H and O–H groups in total. The van der Waals surface area contributed by atoms with Crippen LogP contribution in [-0.2, 0) is 10.0 Å². The van der Waals surface area contributed by atoms with E-state index in [9.17, 15) is 8.42 Å². The highest BCUT2D eigenvalue weighted by atomic mass is 32.2. The zero-order valence-electron chi connectivity index (χ0n) is 12.2. The average molecular weight is 314 g/mol. The summed E-state index contributed by atoms with van der Waals surface area (Å²) < 4.78 is 30.9. The van der Waals surface area contributed by atoms with Crippen molar-refractivity contribution < 1.29 is 18.3 Å². The normalized spacial score (nSPS) is 17.0. The molecule has 0 spiro atoms. The molecule has 1 heterocycles. The summed E-state index contributed by atoms with van der Waals surface area (Å²) in [5.74, 6) is 0.813. The summed E-state index contributed by atoms with van der Waals surface area (Å²) in [7, 11) is -1.61. The van der Waals surface area contributed by atoms with Crippen molar-refractivity contribution in [1.29, 1.82) is 0 Å². The lowest BCUT2D eigenvalue weighted by atomic mass is 10.2. The molecule has 7 heteroatoms. The van der Waals surface area contributed by atoms with Gasteiger partial charge in [-0.1, -0.05) is 6.07 Å². The fourth-order valence-corrected chi connectivity index (χ4v) is 3.88. The third-order valence-electron chi connectivity index (χ3n) is 3.61. The van der Waals surface area contributed by atoms with Crippen molar-refractivity contribution in [2.45, 2.75) is 6.42 Å². The number of sulfonamides is 1. The van der Waals surface area contributed by atoms with E-state index < -0.39 is 10.0 Å². The lowest BCUT2D eigenvalue weighted by Crippen LogP contribution is -2.49. The first-order valence-electron chi connectivity index (χ1n) is 7.04. The van der Waals surface area contributed by atoms with Crippen LogP contribution in [0.25, 0.3) is 0 Å². The van der Waals surface area contributed by atoms with Gasteiger partial charge in [0.05, 0.1) is 12.9 Å². The summed E-state index contributed by atoms with van der Waals surface area (Å²) in [5.41, 5.74) is 1.04. The molecule has 118 valence electrons. The fraction of sp³-hybridized carbons (Fsp3) is 0.571. The standard InChI is InChI=1S/C14H22N2O4S/c1-20-14-5-2-4-13(12-14)15-6-8-16(9-7-15)21(18,19)11-3-10-17/h2,4-5,12,17H,3,6-11H2,1H3. The number of rotatable bonds is 6. The minimum absolute atomic E-state index is 0.0165. The largest absolute Gasteiger partial charge is 0.497 e. The Hall–Kier alpha value is -1.31. The van der Waals surface area contributed by atoms with Gasteiger partial charge in [0.2, 0.25) is 10.0 Å². The molecule has 21 heavy (non-hydrogen) atoms. The van der Waals surface area contributed by atoms with Gasteiger partial charge >= 0.3 is 0 Å². The van der Waals surface area contributed by atoms with E-state index in [-0.39, 0.29) is 12.4 Å². The molecule has 0 bridgehead atoms. The molecule has 1 fully saturated rings. The minimum Gasteiger partial charge on any atom is -0.497 e. The number of hydrogen-bond acceptors (Lipinski definition) is 5. The van der Waals surface area contributed by atoms with Crippen LogP contribution >= 0.6 is 0 Å². The molecule has 0 saturated carbocycles. The quantitative estimate of drug-likeness (QED) is 0.829. The molecule has 0 aliphatic carbocycles. The van der Waals surface area contributed by atoms with E-state index in [1.165, 1.54) is 4.31 Å². The number of anilines is 1. The second kappa shape index (κ2) is 7.11. The number of methoxy groups -OCH3 is 1. The topological polar surface area (TPSA) is 70.1 Å². The van der Waals surface area contributed by atoms with Gasteiger partial charge in [-0.05, 0) is 18.6 Å². The van der Waals surface area contributed by atoms with Gasteiger partial charge in [0.25, 0.3) is 0 Å². The monoisotopic (exact) mass is 314 g/mol. The van der Waals surface area contributed by atoms with Gasteiger partial charge in [-0.3, -0.25) is 0 Å². The van der Waals surface area contributed by atoms with Crippen molar-refractivity contribution in [2.24, 2.45) is 0 Å². The summed E-state index contributed by atoms with van der Waals surface area (Å²) in [5, 5.41) is 8.77. The number of hydrogen-bond donors (Lipinski definition) is 1. The van der Waals surface area contributed by atoms with Crippen molar-refractivity contribution >= 4 is 15.7 Å². The van der Waals surface area contributed by atoms with E-state index in [4.69, 9.17) is 9.84 Å². The van der Waals surface area contributed by atoms with Crippen LogP contribution in [0.3, 0.4) is 0 Å². The Balaban J connectivity index is 1.96. The van der Waals surface area contributed by atoms with E-state index in [1.54, 1.807) is 7.11 Å². The molecule has 0 atom stereocenters. The molecule has 0 radical (unpaired) electrons. The molecule has 0 aromatic heterocycles. The predicted octanol–water partition coefficient (Wildman–Crippen LogP) is 0.529. The van der Waals surface area contributed by atoms with Gasteiger partial charge in [0.1, 0.15) is 5.75 Å². The Morgan fingerprint density at radius 3 is 2.57 bits per heavy atom. The van der Waals surface area contributed by atoms with Gasteiger partial charge in [-0.25, -0.2) is 8.42 Å². The maximum absolute atomic E-state index is 12.1. The van der Waals surface area contributed by atoms with Crippen LogP contribution in [0, 0.1) is 0 Å². The lowest BCUT2D eigenvalue weighted by molar-refractivity contribution is 0.293. The van der Waals surface area contributed by atoms with Gasteiger partial charge in [0.15, 0.2) is 0 Å². The zero-order chi connectivity index (χ0) is 15.3. The van der Waals surface area contributed by atoms with Crippen LogP contribution in [0.2, 0.25) is 0 Å². The van der Waals surface area contributed by atoms with Crippen molar-refractivity contribution in [3.05, 3.63) is 24.3 Å². The number of aliphatic hydroxyl groups excluding tert-OH is 1. The van der Waals surface area contributed by atoms with Gasteiger partial charge in [-0.2, -0.15) is 4.31 Å². The SMILES string of the molecule is COc1cccc(N2CCN(S(=O)(=O)CCCO)CC2)c1. The first kappa shape index (κ1) is 16.1.